The molecule has 3 aliphatic rings. The van der Waals surface area contributed by atoms with Gasteiger partial charge in [-0.25, -0.2) is 14.4 Å². The maximum atomic E-state index is 13.2. The molecular weight excluding hydrogens is 443 g/mol. The van der Waals surface area contributed by atoms with Crippen molar-refractivity contribution in [3.63, 3.8) is 0 Å². The van der Waals surface area contributed by atoms with Gasteiger partial charge in [-0.1, -0.05) is 6.42 Å². The molecule has 3 fully saturated rings. The Hall–Kier alpha value is -1.82. The fourth-order valence-electron chi connectivity index (χ4n) is 4.30. The van der Waals surface area contributed by atoms with Gasteiger partial charge in [0.1, 0.15) is 35.8 Å². The van der Waals surface area contributed by atoms with Gasteiger partial charge in [-0.3, -0.25) is 18.4 Å². The van der Waals surface area contributed by atoms with Gasteiger partial charge in [-0.05, 0) is 45.6 Å². The number of rotatable bonds is 5. The van der Waals surface area contributed by atoms with Crippen LogP contribution in [0.25, 0.3) is 0 Å². The molecule has 178 valence electrons. The lowest BCUT2D eigenvalue weighted by molar-refractivity contribution is -0.152. The second-order valence-corrected chi connectivity index (χ2v) is 10.4. The monoisotopic (exact) mass is 472 g/mol. The molecule has 3 heterocycles. The third-order valence-corrected chi connectivity index (χ3v) is 7.72. The van der Waals surface area contributed by atoms with E-state index in [4.69, 9.17) is 24.3 Å². The molecule has 1 aromatic rings. The number of carbonyl (C=O) groups excluding carboxylic acids is 1. The molecule has 4 N–H and O–H groups in total. The minimum atomic E-state index is -3.98. The zero-order chi connectivity index (χ0) is 23.1. The first-order valence-corrected chi connectivity index (χ1v) is 12.3. The van der Waals surface area contributed by atoms with Crippen molar-refractivity contribution in [2.24, 2.45) is 0 Å². The lowest BCUT2D eigenvalue weighted by Gasteiger charge is -2.36. The highest BCUT2D eigenvalue weighted by Gasteiger charge is 2.60. The molecule has 2 aliphatic heterocycles. The lowest BCUT2D eigenvalue weighted by Crippen LogP contribution is -2.50. The van der Waals surface area contributed by atoms with E-state index in [2.05, 4.69) is 10.1 Å². The van der Waals surface area contributed by atoms with Crippen molar-refractivity contribution < 1.29 is 33.0 Å². The van der Waals surface area contributed by atoms with Crippen LogP contribution in [-0.2, 0) is 27.9 Å². The first-order chi connectivity index (χ1) is 15.1. The molecule has 1 aromatic heterocycles. The zero-order valence-electron chi connectivity index (χ0n) is 18.0. The molecule has 2 saturated heterocycles. The number of esters is 1. The predicted molar refractivity (Wildman–Crippen MR) is 111 cm³/mol. The number of carbonyl (C=O) groups is 1. The molecule has 0 amide bonds. The number of nitrogens with one attached hydrogen (secondary N) is 1. The van der Waals surface area contributed by atoms with Gasteiger partial charge in [0.25, 0.3) is 0 Å². The van der Waals surface area contributed by atoms with Crippen molar-refractivity contribution in [3.05, 3.63) is 22.7 Å². The van der Waals surface area contributed by atoms with Crippen molar-refractivity contribution in [2.75, 3.05) is 12.3 Å². The molecule has 13 heteroatoms. The first kappa shape index (κ1) is 23.3. The number of nitrogen functional groups attached to an aromatic ring is 1. The molecule has 32 heavy (non-hydrogen) atoms. The Morgan fingerprint density at radius 3 is 2.84 bits per heavy atom. The highest BCUT2D eigenvalue weighted by Crippen LogP contribution is 2.55. The number of hydrogen-bond acceptors (Lipinski definition) is 10. The zero-order valence-corrected chi connectivity index (χ0v) is 18.9. The molecule has 4 rings (SSSR count). The Morgan fingerprint density at radius 1 is 1.44 bits per heavy atom. The van der Waals surface area contributed by atoms with Crippen LogP contribution in [-0.4, -0.2) is 57.2 Å². The number of aromatic nitrogens is 2. The van der Waals surface area contributed by atoms with Gasteiger partial charge in [0, 0.05) is 6.20 Å². The van der Waals surface area contributed by atoms with E-state index in [9.17, 15) is 19.3 Å². The average Bonchev–Trinajstić information content (AvgIpc) is 2.98. The second-order valence-electron chi connectivity index (χ2n) is 8.66. The van der Waals surface area contributed by atoms with Gasteiger partial charge < -0.3 is 20.3 Å². The van der Waals surface area contributed by atoms with E-state index >= 15 is 0 Å². The maximum Gasteiger partial charge on any atom is 0.406 e. The van der Waals surface area contributed by atoms with Crippen LogP contribution in [0.4, 0.5) is 5.82 Å². The molecule has 1 aliphatic carbocycles. The van der Waals surface area contributed by atoms with E-state index in [1.165, 1.54) is 26.1 Å². The quantitative estimate of drug-likeness (QED) is 0.411. The van der Waals surface area contributed by atoms with Crippen LogP contribution >= 0.6 is 7.75 Å². The molecule has 0 aromatic carbocycles. The van der Waals surface area contributed by atoms with E-state index in [0.717, 1.165) is 36.7 Å². The molecule has 0 unspecified atom stereocenters. The van der Waals surface area contributed by atoms with Crippen molar-refractivity contribution in [3.8, 4) is 0 Å². The average molecular weight is 472 g/mol. The summed E-state index contributed by atoms with van der Waals surface area (Å²) in [4.78, 5) is 28.3. The minimum absolute atomic E-state index is 0.0312. The highest BCUT2D eigenvalue weighted by atomic mass is 31.2. The minimum Gasteiger partial charge on any atom is -0.461 e. The number of fused-ring (bicyclic) bond motifs is 1. The van der Waals surface area contributed by atoms with Crippen LogP contribution in [0.15, 0.2) is 17.1 Å². The summed E-state index contributed by atoms with van der Waals surface area (Å²) in [6.45, 7) is 2.74. The largest absolute Gasteiger partial charge is 0.461 e. The number of anilines is 1. The normalized spacial score (nSPS) is 36.4. The highest BCUT2D eigenvalue weighted by molar-refractivity contribution is 7.51. The summed E-state index contributed by atoms with van der Waals surface area (Å²) < 4.78 is 36.5. The molecule has 1 saturated carbocycles. The van der Waals surface area contributed by atoms with Crippen LogP contribution in [0.5, 0.6) is 0 Å². The molecule has 6 atom stereocenters. The SMILES string of the molecule is C[C@H](N[P@@]1(=O)OC[C@H]2O[C@@H](n3ccc(N)nc3=O)[C@](C)(O)[C@@H]2O1)C(=O)OC1CCCCC1. The molecule has 0 bridgehead atoms. The van der Waals surface area contributed by atoms with E-state index < -0.39 is 49.5 Å². The summed E-state index contributed by atoms with van der Waals surface area (Å²) >= 11 is 0. The van der Waals surface area contributed by atoms with Crippen LogP contribution < -0.4 is 16.5 Å². The van der Waals surface area contributed by atoms with Crippen molar-refractivity contribution in [1.82, 2.24) is 14.6 Å². The number of ether oxygens (including phenoxy) is 2. The van der Waals surface area contributed by atoms with Crippen LogP contribution in [0.1, 0.15) is 52.2 Å². The Morgan fingerprint density at radius 2 is 2.16 bits per heavy atom. The van der Waals surface area contributed by atoms with Crippen molar-refractivity contribution in [1.29, 1.82) is 0 Å². The van der Waals surface area contributed by atoms with E-state index in [1.54, 1.807) is 0 Å². The summed E-state index contributed by atoms with van der Waals surface area (Å²) in [7, 11) is -3.98. The van der Waals surface area contributed by atoms with Crippen molar-refractivity contribution in [2.45, 2.75) is 82.1 Å². The second kappa shape index (κ2) is 8.85. The Balaban J connectivity index is 1.44. The van der Waals surface area contributed by atoms with Gasteiger partial charge >= 0.3 is 19.4 Å². The standard InChI is InChI=1S/C19H29N4O8P/c1-11(16(24)29-12-6-4-3-5-7-12)22-32(27)28-10-13-15(31-32)19(2,26)17(30-13)23-9-8-14(20)21-18(23)25/h8-9,11-13,15,17,26H,3-7,10H2,1-2H3,(H,22,27)(H2,20,21,25)/t11-,13+,15+,17+,19+,32+/m0/s1. The van der Waals surface area contributed by atoms with Crippen LogP contribution in [0.3, 0.4) is 0 Å². The van der Waals surface area contributed by atoms with Gasteiger partial charge in [-0.15, -0.1) is 0 Å². The van der Waals surface area contributed by atoms with Gasteiger partial charge in [0.05, 0.1) is 6.61 Å². The Labute approximate surface area is 185 Å². The third kappa shape index (κ3) is 4.61. The van der Waals surface area contributed by atoms with Gasteiger partial charge in [0.15, 0.2) is 6.23 Å². The fraction of sp³-hybridized carbons (Fsp3) is 0.737. The van der Waals surface area contributed by atoms with E-state index in [-0.39, 0.29) is 18.5 Å². The van der Waals surface area contributed by atoms with Gasteiger partial charge in [-0.2, -0.15) is 4.98 Å². The molecular formula is C19H29N4O8P. The van der Waals surface area contributed by atoms with Crippen molar-refractivity contribution >= 4 is 19.5 Å². The number of nitrogens with zero attached hydrogens (tertiary/aromatic N) is 2. The maximum absolute atomic E-state index is 13.2. The summed E-state index contributed by atoms with van der Waals surface area (Å²) in [5.74, 6) is -0.517. The fourth-order valence-corrected chi connectivity index (χ4v) is 6.07. The molecule has 0 radical (unpaired) electrons. The predicted octanol–water partition coefficient (Wildman–Crippen LogP) is 0.851. The van der Waals surface area contributed by atoms with E-state index in [1.807, 2.05) is 0 Å². The summed E-state index contributed by atoms with van der Waals surface area (Å²) in [5, 5.41) is 13.7. The van der Waals surface area contributed by atoms with E-state index in [0.29, 0.717) is 0 Å². The summed E-state index contributed by atoms with van der Waals surface area (Å²) in [5.41, 5.74) is 3.06. The number of nitrogens with two attached hydrogens (primary N) is 1. The van der Waals surface area contributed by atoms with Crippen LogP contribution in [0, 0.1) is 0 Å². The van der Waals surface area contributed by atoms with Crippen LogP contribution in [0.2, 0.25) is 0 Å². The molecule has 0 spiro atoms. The third-order valence-electron chi connectivity index (χ3n) is 6.02. The lowest BCUT2D eigenvalue weighted by atomic mass is 9.96. The Bertz CT molecular complexity index is 963. The topological polar surface area (TPSA) is 164 Å². The summed E-state index contributed by atoms with van der Waals surface area (Å²) in [6.07, 6.45) is 2.93. The summed E-state index contributed by atoms with van der Waals surface area (Å²) in [6, 6.07) is 0.443. The number of aliphatic hydroxyl groups is 1. The molecule has 12 nitrogen and oxygen atoms in total. The smallest absolute Gasteiger partial charge is 0.406 e. The Kier molecular flexibility index (Phi) is 6.45. The number of hydrogen-bond donors (Lipinski definition) is 3. The first-order valence-electron chi connectivity index (χ1n) is 10.7. The van der Waals surface area contributed by atoms with Gasteiger partial charge in [0.2, 0.25) is 0 Å².